The second kappa shape index (κ2) is 8.37. The highest BCUT2D eigenvalue weighted by atomic mass is 19.1. The molecule has 176 valence electrons. The number of H-pyrrole nitrogens is 1. The highest BCUT2D eigenvalue weighted by Crippen LogP contribution is 2.36. The smallest absolute Gasteiger partial charge is 0.415 e. The Morgan fingerprint density at radius 1 is 1.24 bits per heavy atom. The first kappa shape index (κ1) is 21.8. The highest BCUT2D eigenvalue weighted by molar-refractivity contribution is 5.72. The van der Waals surface area contributed by atoms with Crippen LogP contribution in [0, 0.1) is 17.7 Å². The molecule has 11 heteroatoms. The number of imidazole rings is 1. The number of aromatic nitrogens is 4. The highest BCUT2D eigenvalue weighted by Gasteiger charge is 2.34. The molecule has 5 rings (SSSR count). The fourth-order valence-corrected chi connectivity index (χ4v) is 3.67. The number of nitrogens with zero attached hydrogens (tertiary/aromatic N) is 4. The lowest BCUT2D eigenvalue weighted by molar-refractivity contribution is 0.167. The first-order valence-corrected chi connectivity index (χ1v) is 10.9. The summed E-state index contributed by atoms with van der Waals surface area (Å²) in [5.41, 5.74) is -0.122. The summed E-state index contributed by atoms with van der Waals surface area (Å²) in [6.45, 7) is -0.00372. The van der Waals surface area contributed by atoms with Gasteiger partial charge in [-0.25, -0.2) is 19.0 Å². The van der Waals surface area contributed by atoms with Gasteiger partial charge in [-0.2, -0.15) is 0 Å². The maximum Gasteiger partial charge on any atom is 0.415 e. The predicted octanol–water partition coefficient (Wildman–Crippen LogP) is 2.19. The first-order chi connectivity index (χ1) is 16.4. The SMILES string of the molecule is COc1ccc(OC(=O)N(C)CC#Cc2nc3c([nH]2)c(=O)n(C2CC2)c(=O)n3C2CC2)cc1F. The van der Waals surface area contributed by atoms with Crippen molar-refractivity contribution in [2.75, 3.05) is 20.7 Å². The van der Waals surface area contributed by atoms with E-state index in [2.05, 4.69) is 21.8 Å². The summed E-state index contributed by atoms with van der Waals surface area (Å²) in [4.78, 5) is 46.6. The molecule has 2 aromatic heterocycles. The van der Waals surface area contributed by atoms with Crippen molar-refractivity contribution < 1.29 is 18.7 Å². The van der Waals surface area contributed by atoms with Gasteiger partial charge in [-0.05, 0) is 43.7 Å². The van der Waals surface area contributed by atoms with E-state index in [-0.39, 0.29) is 52.7 Å². The van der Waals surface area contributed by atoms with E-state index in [0.29, 0.717) is 5.65 Å². The summed E-state index contributed by atoms with van der Waals surface area (Å²) in [7, 11) is 2.82. The molecule has 2 aliphatic carbocycles. The van der Waals surface area contributed by atoms with Crippen molar-refractivity contribution in [1.82, 2.24) is 24.0 Å². The summed E-state index contributed by atoms with van der Waals surface area (Å²) in [5.74, 6) is 5.25. The Morgan fingerprint density at radius 3 is 2.59 bits per heavy atom. The Morgan fingerprint density at radius 2 is 1.94 bits per heavy atom. The molecule has 1 amide bonds. The summed E-state index contributed by atoms with van der Waals surface area (Å²) in [6.07, 6.45) is 2.65. The zero-order valence-corrected chi connectivity index (χ0v) is 18.6. The van der Waals surface area contributed by atoms with Crippen molar-refractivity contribution in [1.29, 1.82) is 0 Å². The van der Waals surface area contributed by atoms with E-state index >= 15 is 0 Å². The normalized spacial score (nSPS) is 15.0. The number of nitrogens with one attached hydrogen (secondary N) is 1. The van der Waals surface area contributed by atoms with Gasteiger partial charge in [0.1, 0.15) is 5.75 Å². The standard InChI is InChI=1S/C23H22FN5O5/c1-27(23(32)34-15-9-10-17(33-2)16(24)12-15)11-3-4-18-25-19-20(26-18)28(13-5-6-13)22(31)29(21(19)30)14-7-8-14/h9-10,12-14H,5-8,11H2,1-2H3,(H,25,26). The zero-order valence-electron chi connectivity index (χ0n) is 18.6. The van der Waals surface area contributed by atoms with Gasteiger partial charge in [-0.3, -0.25) is 18.8 Å². The van der Waals surface area contributed by atoms with Crippen LogP contribution in [-0.2, 0) is 0 Å². The van der Waals surface area contributed by atoms with Gasteiger partial charge in [0.05, 0.1) is 13.7 Å². The van der Waals surface area contributed by atoms with Crippen molar-refractivity contribution in [3.8, 4) is 23.3 Å². The van der Waals surface area contributed by atoms with E-state index in [0.717, 1.165) is 31.7 Å². The Kier molecular flexibility index (Phi) is 5.36. The van der Waals surface area contributed by atoms with E-state index in [9.17, 15) is 18.8 Å². The number of hydrogen-bond donors (Lipinski definition) is 1. The number of aromatic amines is 1. The lowest BCUT2D eigenvalue weighted by Crippen LogP contribution is -2.39. The maximum absolute atomic E-state index is 13.8. The fraction of sp³-hybridized carbons (Fsp3) is 0.391. The minimum atomic E-state index is -0.724. The molecular weight excluding hydrogens is 445 g/mol. The summed E-state index contributed by atoms with van der Waals surface area (Å²) in [6, 6.07) is 3.83. The molecule has 2 fully saturated rings. The molecule has 1 N–H and O–H groups in total. The number of carbonyl (C=O) groups is 1. The lowest BCUT2D eigenvalue weighted by Gasteiger charge is -2.14. The van der Waals surface area contributed by atoms with Gasteiger partial charge in [0, 0.05) is 25.2 Å². The number of benzene rings is 1. The van der Waals surface area contributed by atoms with Gasteiger partial charge in [-0.15, -0.1) is 0 Å². The average Bonchev–Trinajstić information content (AvgIpc) is 3.73. The molecule has 0 bridgehead atoms. The molecule has 0 atom stereocenters. The van der Waals surface area contributed by atoms with Crippen LogP contribution >= 0.6 is 0 Å². The number of amides is 1. The van der Waals surface area contributed by atoms with Gasteiger partial charge >= 0.3 is 11.8 Å². The lowest BCUT2D eigenvalue weighted by atomic mass is 10.3. The first-order valence-electron chi connectivity index (χ1n) is 10.9. The molecule has 10 nitrogen and oxygen atoms in total. The maximum atomic E-state index is 13.8. The largest absolute Gasteiger partial charge is 0.494 e. The van der Waals surface area contributed by atoms with Crippen LogP contribution in [0.25, 0.3) is 11.2 Å². The van der Waals surface area contributed by atoms with Gasteiger partial charge in [0.25, 0.3) is 5.56 Å². The predicted molar refractivity (Wildman–Crippen MR) is 120 cm³/mol. The number of ether oxygens (including phenoxy) is 2. The monoisotopic (exact) mass is 467 g/mol. The van der Waals surface area contributed by atoms with E-state index in [1.54, 1.807) is 4.57 Å². The van der Waals surface area contributed by atoms with Gasteiger partial charge in [0.2, 0.25) is 0 Å². The Balaban J connectivity index is 1.33. The van der Waals surface area contributed by atoms with E-state index < -0.39 is 11.9 Å². The van der Waals surface area contributed by atoms with E-state index in [1.165, 1.54) is 35.8 Å². The van der Waals surface area contributed by atoms with Crippen LogP contribution in [-0.4, -0.2) is 50.8 Å². The summed E-state index contributed by atoms with van der Waals surface area (Å²) >= 11 is 0. The molecule has 2 heterocycles. The van der Waals surface area contributed by atoms with Crippen LogP contribution in [0.5, 0.6) is 11.5 Å². The van der Waals surface area contributed by atoms with Gasteiger partial charge < -0.3 is 14.5 Å². The average molecular weight is 467 g/mol. The second-order valence-corrected chi connectivity index (χ2v) is 8.40. The molecule has 2 aliphatic rings. The van der Waals surface area contributed by atoms with Crippen LogP contribution in [0.4, 0.5) is 9.18 Å². The molecule has 0 unspecified atom stereocenters. The fourth-order valence-electron chi connectivity index (χ4n) is 3.67. The molecule has 0 saturated heterocycles. The van der Waals surface area contributed by atoms with Gasteiger partial charge in [-0.1, -0.05) is 5.92 Å². The third-order valence-corrected chi connectivity index (χ3v) is 5.74. The number of fused-ring (bicyclic) bond motifs is 1. The molecule has 0 spiro atoms. The minimum Gasteiger partial charge on any atom is -0.494 e. The van der Waals surface area contributed by atoms with Crippen LogP contribution in [0.2, 0.25) is 0 Å². The molecule has 0 aliphatic heterocycles. The van der Waals surface area contributed by atoms with Crippen LogP contribution in [0.15, 0.2) is 27.8 Å². The van der Waals surface area contributed by atoms with Crippen LogP contribution < -0.4 is 20.7 Å². The Hall–Kier alpha value is -4.07. The minimum absolute atomic E-state index is 0.00372. The summed E-state index contributed by atoms with van der Waals surface area (Å²) < 4.78 is 26.7. The van der Waals surface area contributed by atoms with Crippen LogP contribution in [0.1, 0.15) is 43.6 Å². The second-order valence-electron chi connectivity index (χ2n) is 8.40. The number of rotatable bonds is 5. The van der Waals surface area contributed by atoms with Gasteiger partial charge in [0.15, 0.2) is 28.6 Å². The van der Waals surface area contributed by atoms with Crippen LogP contribution in [0.3, 0.4) is 0 Å². The third-order valence-electron chi connectivity index (χ3n) is 5.74. The van der Waals surface area contributed by atoms with E-state index in [1.807, 2.05) is 0 Å². The third kappa shape index (κ3) is 4.03. The number of halogens is 1. The number of hydrogen-bond acceptors (Lipinski definition) is 6. The quantitative estimate of drug-likeness (QED) is 0.576. The van der Waals surface area contributed by atoms with Crippen molar-refractivity contribution in [3.05, 3.63) is 50.7 Å². The molecule has 34 heavy (non-hydrogen) atoms. The molecule has 3 aromatic rings. The van der Waals surface area contributed by atoms with Crippen molar-refractivity contribution >= 4 is 17.3 Å². The van der Waals surface area contributed by atoms with Crippen molar-refractivity contribution in [2.24, 2.45) is 0 Å². The molecule has 2 saturated carbocycles. The van der Waals surface area contributed by atoms with E-state index in [4.69, 9.17) is 9.47 Å². The Bertz CT molecular complexity index is 1470. The number of methoxy groups -OCH3 is 1. The van der Waals surface area contributed by atoms with Crippen molar-refractivity contribution in [2.45, 2.75) is 37.8 Å². The molecule has 1 aromatic carbocycles. The van der Waals surface area contributed by atoms with Crippen molar-refractivity contribution in [3.63, 3.8) is 0 Å². The number of carbonyl (C=O) groups excluding carboxylic acids is 1. The molecule has 0 radical (unpaired) electrons. The topological polar surface area (TPSA) is 111 Å². The summed E-state index contributed by atoms with van der Waals surface area (Å²) in [5, 5.41) is 0. The molecular formula is C23H22FN5O5. The Labute approximate surface area is 192 Å². The zero-order chi connectivity index (χ0) is 24.0.